The van der Waals surface area contributed by atoms with Crippen molar-refractivity contribution in [1.29, 1.82) is 0 Å². The maximum absolute atomic E-state index is 12.7. The number of carboxylic acid groups (broad SMARTS) is 1. The van der Waals surface area contributed by atoms with Crippen LogP contribution < -0.4 is 0 Å². The monoisotopic (exact) mass is 358 g/mol. The Hall–Kier alpha value is -1.15. The third-order valence-corrected chi connectivity index (χ3v) is 7.36. The molecule has 0 aromatic rings. The molecule has 24 heavy (non-hydrogen) atoms. The number of fused-ring (bicyclic) bond motifs is 1. The van der Waals surface area contributed by atoms with Crippen LogP contribution in [0.15, 0.2) is 0 Å². The van der Waals surface area contributed by atoms with E-state index in [0.717, 1.165) is 12.8 Å². The van der Waals surface area contributed by atoms with Crippen molar-refractivity contribution in [3.63, 3.8) is 0 Å². The lowest BCUT2D eigenvalue weighted by Crippen LogP contribution is -2.60. The molecule has 1 N–H and O–H groups in total. The van der Waals surface area contributed by atoms with Crippen LogP contribution in [0.5, 0.6) is 0 Å². The molecule has 1 saturated carbocycles. The summed E-state index contributed by atoms with van der Waals surface area (Å²) in [4.78, 5) is 27.2. The fourth-order valence-electron chi connectivity index (χ4n) is 4.43. The standard InChI is InChI=1S/C16H26N2O5S/c19-15(9-12-3-1-2-4-12)18-8-7-17(6-5-16(20)21)13-10-24(22,23)11-14(13)18/h12-14H,1-11H2,(H,20,21)/t13-,14+/m1/s1. The first-order valence-corrected chi connectivity index (χ1v) is 10.6. The zero-order valence-electron chi connectivity index (χ0n) is 13.9. The molecule has 3 aliphatic rings. The van der Waals surface area contributed by atoms with Gasteiger partial charge in [0.1, 0.15) is 0 Å². The zero-order chi connectivity index (χ0) is 17.3. The Morgan fingerprint density at radius 2 is 1.71 bits per heavy atom. The number of aliphatic carboxylic acids is 1. The Kier molecular flexibility index (Phi) is 5.15. The molecule has 136 valence electrons. The van der Waals surface area contributed by atoms with Crippen molar-refractivity contribution in [2.24, 2.45) is 5.92 Å². The number of hydrogen-bond donors (Lipinski definition) is 1. The number of carbonyl (C=O) groups is 2. The van der Waals surface area contributed by atoms with E-state index in [1.165, 1.54) is 12.8 Å². The Bertz CT molecular complexity index is 600. The Morgan fingerprint density at radius 3 is 2.38 bits per heavy atom. The van der Waals surface area contributed by atoms with Crippen LogP contribution in [-0.4, -0.2) is 78.4 Å². The van der Waals surface area contributed by atoms with Crippen LogP contribution in [0.2, 0.25) is 0 Å². The number of rotatable bonds is 5. The zero-order valence-corrected chi connectivity index (χ0v) is 14.7. The summed E-state index contributed by atoms with van der Waals surface area (Å²) < 4.78 is 24.2. The van der Waals surface area contributed by atoms with Gasteiger partial charge >= 0.3 is 5.97 Å². The molecule has 0 bridgehead atoms. The summed E-state index contributed by atoms with van der Waals surface area (Å²) in [6.07, 6.45) is 5.08. The summed E-state index contributed by atoms with van der Waals surface area (Å²) in [7, 11) is -3.18. The summed E-state index contributed by atoms with van der Waals surface area (Å²) in [5, 5.41) is 8.88. The van der Waals surface area contributed by atoms with Gasteiger partial charge < -0.3 is 10.0 Å². The lowest BCUT2D eigenvalue weighted by Gasteiger charge is -2.44. The van der Waals surface area contributed by atoms with E-state index >= 15 is 0 Å². The number of carbonyl (C=O) groups excluding carboxylic acids is 1. The van der Waals surface area contributed by atoms with E-state index in [0.29, 0.717) is 32.0 Å². The fourth-order valence-corrected chi connectivity index (χ4v) is 6.44. The van der Waals surface area contributed by atoms with Gasteiger partial charge in [-0.2, -0.15) is 0 Å². The van der Waals surface area contributed by atoms with Crippen LogP contribution in [0.25, 0.3) is 0 Å². The quantitative estimate of drug-likeness (QED) is 0.762. The maximum atomic E-state index is 12.7. The second kappa shape index (κ2) is 7.00. The highest BCUT2D eigenvalue weighted by molar-refractivity contribution is 7.91. The molecule has 0 aromatic heterocycles. The normalized spacial score (nSPS) is 30.4. The Balaban J connectivity index is 1.69. The molecule has 2 saturated heterocycles. The summed E-state index contributed by atoms with van der Waals surface area (Å²) in [5.74, 6) is -0.319. The number of amides is 1. The lowest BCUT2D eigenvalue weighted by atomic mass is 9.99. The topological polar surface area (TPSA) is 95.0 Å². The minimum absolute atomic E-state index is 0.000706. The number of piperazine rings is 1. The van der Waals surface area contributed by atoms with E-state index in [2.05, 4.69) is 0 Å². The molecule has 2 atom stereocenters. The van der Waals surface area contributed by atoms with E-state index in [-0.39, 0.29) is 35.9 Å². The molecule has 2 heterocycles. The van der Waals surface area contributed by atoms with Crippen molar-refractivity contribution in [2.45, 2.75) is 50.6 Å². The Morgan fingerprint density at radius 1 is 1.04 bits per heavy atom. The molecule has 3 rings (SSSR count). The molecule has 1 aliphatic carbocycles. The number of sulfone groups is 1. The van der Waals surface area contributed by atoms with E-state index in [4.69, 9.17) is 5.11 Å². The van der Waals surface area contributed by atoms with Crippen LogP contribution in [0.3, 0.4) is 0 Å². The molecule has 0 radical (unpaired) electrons. The van der Waals surface area contributed by atoms with Crippen molar-refractivity contribution in [1.82, 2.24) is 9.80 Å². The van der Waals surface area contributed by atoms with Gasteiger partial charge in [-0.25, -0.2) is 8.42 Å². The summed E-state index contributed by atoms with van der Waals surface area (Å²) >= 11 is 0. The average Bonchev–Trinajstić information content (AvgIpc) is 3.10. The molecule has 0 unspecified atom stereocenters. The van der Waals surface area contributed by atoms with Crippen LogP contribution in [0.4, 0.5) is 0 Å². The molecule has 1 amide bonds. The van der Waals surface area contributed by atoms with Crippen LogP contribution >= 0.6 is 0 Å². The largest absolute Gasteiger partial charge is 0.481 e. The van der Waals surface area contributed by atoms with E-state index in [1.807, 2.05) is 4.90 Å². The van der Waals surface area contributed by atoms with Gasteiger partial charge in [-0.05, 0) is 18.8 Å². The van der Waals surface area contributed by atoms with Gasteiger partial charge in [0.25, 0.3) is 0 Å². The maximum Gasteiger partial charge on any atom is 0.304 e. The van der Waals surface area contributed by atoms with Crippen molar-refractivity contribution >= 4 is 21.7 Å². The van der Waals surface area contributed by atoms with Gasteiger partial charge in [0.15, 0.2) is 9.84 Å². The van der Waals surface area contributed by atoms with Gasteiger partial charge in [-0.1, -0.05) is 12.8 Å². The molecular weight excluding hydrogens is 332 g/mol. The molecule has 8 heteroatoms. The fraction of sp³-hybridized carbons (Fsp3) is 0.875. The lowest BCUT2D eigenvalue weighted by molar-refractivity contribution is -0.141. The van der Waals surface area contributed by atoms with E-state index in [9.17, 15) is 18.0 Å². The van der Waals surface area contributed by atoms with Crippen molar-refractivity contribution in [3.05, 3.63) is 0 Å². The van der Waals surface area contributed by atoms with E-state index in [1.54, 1.807) is 4.90 Å². The summed E-state index contributed by atoms with van der Waals surface area (Å²) in [6, 6.07) is -0.568. The predicted molar refractivity (Wildman–Crippen MR) is 88.3 cm³/mol. The SMILES string of the molecule is O=C(O)CCN1CCN(C(=O)CC2CCCC2)[C@H]2CS(=O)(=O)C[C@H]21. The second-order valence-corrected chi connectivity index (χ2v) is 9.49. The third-order valence-electron chi connectivity index (χ3n) is 5.66. The number of carboxylic acids is 1. The molecule has 0 spiro atoms. The average molecular weight is 358 g/mol. The highest BCUT2D eigenvalue weighted by Crippen LogP contribution is 2.31. The number of hydrogen-bond acceptors (Lipinski definition) is 5. The molecule has 3 fully saturated rings. The minimum Gasteiger partial charge on any atom is -0.481 e. The van der Waals surface area contributed by atoms with Crippen molar-refractivity contribution < 1.29 is 23.1 Å². The first-order chi connectivity index (χ1) is 11.4. The van der Waals surface area contributed by atoms with Crippen molar-refractivity contribution in [3.8, 4) is 0 Å². The van der Waals surface area contributed by atoms with Gasteiger partial charge in [0.2, 0.25) is 5.91 Å². The third kappa shape index (κ3) is 3.91. The number of nitrogens with zero attached hydrogens (tertiary/aromatic N) is 2. The smallest absolute Gasteiger partial charge is 0.304 e. The molecule has 7 nitrogen and oxygen atoms in total. The van der Waals surface area contributed by atoms with Gasteiger partial charge in [-0.15, -0.1) is 0 Å². The minimum atomic E-state index is -3.18. The highest BCUT2D eigenvalue weighted by Gasteiger charge is 2.47. The van der Waals surface area contributed by atoms with Crippen LogP contribution in [0, 0.1) is 5.92 Å². The molecule has 0 aromatic carbocycles. The molecule has 2 aliphatic heterocycles. The summed E-state index contributed by atoms with van der Waals surface area (Å²) in [5.41, 5.74) is 0. The van der Waals surface area contributed by atoms with Gasteiger partial charge in [0, 0.05) is 32.1 Å². The second-order valence-electron chi connectivity index (χ2n) is 7.33. The first-order valence-electron chi connectivity index (χ1n) is 8.81. The Labute approximate surface area is 142 Å². The highest BCUT2D eigenvalue weighted by atomic mass is 32.2. The predicted octanol–water partition coefficient (Wildman–Crippen LogP) is 0.351. The van der Waals surface area contributed by atoms with E-state index < -0.39 is 15.8 Å². The van der Waals surface area contributed by atoms with Gasteiger partial charge in [0.05, 0.1) is 24.0 Å². The first kappa shape index (κ1) is 17.7. The van der Waals surface area contributed by atoms with Gasteiger partial charge in [-0.3, -0.25) is 14.5 Å². The van der Waals surface area contributed by atoms with Crippen LogP contribution in [-0.2, 0) is 19.4 Å². The molecular formula is C16H26N2O5S. The van der Waals surface area contributed by atoms with Crippen molar-refractivity contribution in [2.75, 3.05) is 31.1 Å². The van der Waals surface area contributed by atoms with Crippen LogP contribution in [0.1, 0.15) is 38.5 Å². The summed E-state index contributed by atoms with van der Waals surface area (Å²) in [6.45, 7) is 1.40.